The Bertz CT molecular complexity index is 5150. The Morgan fingerprint density at radius 1 is 0.458 bits per heavy atom. The lowest BCUT2D eigenvalue weighted by atomic mass is 10.2. The van der Waals surface area contributed by atoms with E-state index in [1.54, 1.807) is 78.3 Å². The highest BCUT2D eigenvalue weighted by Gasteiger charge is 2.27. The number of hydrogen-bond donors (Lipinski definition) is 0. The number of fused-ring (bicyclic) bond motifs is 6. The van der Waals surface area contributed by atoms with Gasteiger partial charge in [-0.2, -0.15) is 0 Å². The van der Waals surface area contributed by atoms with Gasteiger partial charge in [-0.25, -0.2) is 29.9 Å². The normalized spacial score (nSPS) is 12.9. The molecular weight excluding hydrogens is 1380 g/mol. The molecule has 3 aliphatic heterocycles. The van der Waals surface area contributed by atoms with Gasteiger partial charge >= 0.3 is 0 Å². The lowest BCUT2D eigenvalue weighted by Crippen LogP contribution is -2.26. The average Bonchev–Trinajstić information content (AvgIpc) is 0.861. The van der Waals surface area contributed by atoms with Gasteiger partial charge in [-0.05, 0) is 104 Å². The van der Waals surface area contributed by atoms with Crippen LogP contribution in [0.5, 0.6) is 5.75 Å². The second kappa shape index (κ2) is 30.5. The van der Waals surface area contributed by atoms with Crippen molar-refractivity contribution in [2.45, 2.75) is 96.0 Å². The van der Waals surface area contributed by atoms with E-state index in [1.807, 2.05) is 128 Å². The van der Waals surface area contributed by atoms with E-state index in [9.17, 15) is 28.8 Å². The summed E-state index contributed by atoms with van der Waals surface area (Å²) in [5.74, 6) is 4.11. The SMILES string of the molecule is COc1ccccc1-n1c(SCC(=O)Cc2nc3ccc(C)cc3s2)nc2c(c1=O)SCC2.Cc1ccc2nc(CC(=O)CSc3nc4c(c(=O)n3-c3ccccc3)SCC4)sc2c1.Cc1ccc2nc(CC(=O)CSc3nc4c(c(=O)n3Cc3ccccc3)SCC4)sc2c1. The fourth-order valence-electron chi connectivity index (χ4n) is 10.9. The number of rotatable bonds is 20. The van der Waals surface area contributed by atoms with E-state index >= 15 is 0 Å². The van der Waals surface area contributed by atoms with Crippen molar-refractivity contribution in [2.24, 2.45) is 0 Å². The Hall–Kier alpha value is -7.46. The van der Waals surface area contributed by atoms with E-state index in [1.165, 1.54) is 63.7 Å². The van der Waals surface area contributed by atoms with Gasteiger partial charge in [0.2, 0.25) is 0 Å². The Balaban J connectivity index is 0.000000130. The fourth-order valence-corrected chi connectivity index (χ4v) is 19.9. The molecule has 9 heterocycles. The first-order valence-electron chi connectivity index (χ1n) is 30.8. The van der Waals surface area contributed by atoms with Crippen molar-refractivity contribution < 1.29 is 19.1 Å². The molecule has 0 atom stereocenters. The quantitative estimate of drug-likeness (QED) is 0.0514. The van der Waals surface area contributed by atoms with Gasteiger partial charge in [-0.3, -0.25) is 42.5 Å². The van der Waals surface area contributed by atoms with Crippen LogP contribution in [0.1, 0.15) is 54.4 Å². The number of aromatic nitrogens is 9. The Kier molecular flexibility index (Phi) is 21.3. The molecule has 0 fully saturated rings. The van der Waals surface area contributed by atoms with E-state index in [0.717, 1.165) is 120 Å². The summed E-state index contributed by atoms with van der Waals surface area (Å²) in [6, 6.07) is 45.1. The molecule has 0 spiro atoms. The molecule has 15 rings (SSSR count). The zero-order valence-electron chi connectivity index (χ0n) is 52.5. The minimum atomic E-state index is -0.108. The average molecular weight is 1440 g/mol. The minimum absolute atomic E-state index is 0.00200. The number of hydrogen-bond acceptors (Lipinski definition) is 22. The molecule has 0 aliphatic carbocycles. The van der Waals surface area contributed by atoms with Gasteiger partial charge in [0.15, 0.2) is 15.5 Å². The highest BCUT2D eigenvalue weighted by molar-refractivity contribution is 8.01. The van der Waals surface area contributed by atoms with Gasteiger partial charge < -0.3 is 4.74 Å². The van der Waals surface area contributed by atoms with Crippen molar-refractivity contribution in [1.82, 2.24) is 43.6 Å². The van der Waals surface area contributed by atoms with Crippen LogP contribution >= 0.6 is 105 Å². The van der Waals surface area contributed by atoms with Gasteiger partial charge in [0.05, 0.1) is 124 Å². The molecule has 0 saturated carbocycles. The number of thiazole rings is 3. The lowest BCUT2D eigenvalue weighted by Gasteiger charge is -2.15. The molecule has 12 aromatic rings. The molecule has 0 bridgehead atoms. The summed E-state index contributed by atoms with van der Waals surface area (Å²) >= 11 is 13.3. The number of thioether (sulfide) groups is 6. The highest BCUT2D eigenvalue weighted by atomic mass is 32.2. The van der Waals surface area contributed by atoms with Gasteiger partial charge in [-0.15, -0.1) is 69.3 Å². The largest absolute Gasteiger partial charge is 0.495 e. The Morgan fingerprint density at radius 2 is 0.854 bits per heavy atom. The van der Waals surface area contributed by atoms with Crippen molar-refractivity contribution in [1.29, 1.82) is 0 Å². The molecule has 96 heavy (non-hydrogen) atoms. The van der Waals surface area contributed by atoms with Crippen LogP contribution in [0.2, 0.25) is 0 Å². The van der Waals surface area contributed by atoms with Gasteiger partial charge in [-0.1, -0.05) is 114 Å². The molecule has 0 saturated heterocycles. The van der Waals surface area contributed by atoms with Crippen LogP contribution in [0.4, 0.5) is 0 Å². The van der Waals surface area contributed by atoms with Crippen molar-refractivity contribution in [3.05, 3.63) is 225 Å². The van der Waals surface area contributed by atoms with Crippen LogP contribution in [0.15, 0.2) is 184 Å². The van der Waals surface area contributed by atoms with Crippen LogP contribution in [0.3, 0.4) is 0 Å². The van der Waals surface area contributed by atoms with E-state index in [2.05, 4.69) is 47.0 Å². The number of Topliss-reactive ketones (excluding diaryl/α,β-unsaturated/α-hetero) is 3. The molecule has 486 valence electrons. The summed E-state index contributed by atoms with van der Waals surface area (Å²) < 4.78 is 13.7. The zero-order chi connectivity index (χ0) is 66.4. The standard InChI is InChI=1S/C24H21N3O3S3.C24H21N3O2S3.C23H19N3O2S3/c1-14-7-8-16-20(11-14)33-21(25-16)12-15(28)13-32-24-26-17-9-10-31-22(17)23(29)27(24)18-5-3-4-6-19(18)30-2;1-15-7-8-18-20(11-15)32-21(25-18)12-17(28)14-31-24-26-19-9-10-30-22(19)23(29)27(24)13-16-5-3-2-4-6-16;1-14-7-8-17-19(11-14)31-20(24-17)12-16(27)13-30-23-25-18-9-10-29-21(18)22(28)26(23)15-5-3-2-4-6-15/h3-8,11H,9-10,12-13H2,1-2H3;2-8,11H,9-10,12-14H2,1H3;2-8,11H,9-10,12-13H2,1H3. The maximum absolute atomic E-state index is 13.4. The number of carbonyl (C=O) groups is 3. The first kappa shape index (κ1) is 67.1. The summed E-state index contributed by atoms with van der Waals surface area (Å²) in [5.41, 5.74) is 11.1. The molecule has 0 unspecified atom stereocenters. The second-order valence-corrected chi connectivity index (χ2v) is 32.2. The molecule has 16 nitrogen and oxygen atoms in total. The lowest BCUT2D eigenvalue weighted by molar-refractivity contribution is -0.116. The third-order valence-electron chi connectivity index (χ3n) is 15.5. The molecule has 0 N–H and O–H groups in total. The van der Waals surface area contributed by atoms with Crippen LogP contribution in [0, 0.1) is 20.8 Å². The number of benzene rings is 6. The van der Waals surface area contributed by atoms with Gasteiger partial charge in [0.25, 0.3) is 16.7 Å². The van der Waals surface area contributed by atoms with E-state index in [4.69, 9.17) is 19.7 Å². The number of carbonyl (C=O) groups excluding carboxylic acids is 3. The van der Waals surface area contributed by atoms with Crippen LogP contribution in [-0.4, -0.2) is 103 Å². The van der Waals surface area contributed by atoms with Gasteiger partial charge in [0.1, 0.15) is 38.1 Å². The number of ether oxygens (including phenoxy) is 1. The first-order chi connectivity index (χ1) is 46.7. The molecule has 3 aliphatic rings. The van der Waals surface area contributed by atoms with Gasteiger partial charge in [0, 0.05) is 36.5 Å². The third kappa shape index (κ3) is 15.6. The first-order valence-corrected chi connectivity index (χ1v) is 39.1. The summed E-state index contributed by atoms with van der Waals surface area (Å²) in [5, 5.41) is 4.17. The van der Waals surface area contributed by atoms with E-state index in [-0.39, 0.29) is 57.7 Å². The highest BCUT2D eigenvalue weighted by Crippen LogP contribution is 2.35. The predicted molar refractivity (Wildman–Crippen MR) is 395 cm³/mol. The zero-order valence-corrected chi connectivity index (χ0v) is 59.9. The number of methoxy groups -OCH3 is 1. The number of nitrogens with zero attached hydrogens (tertiary/aromatic N) is 9. The molecule has 25 heteroatoms. The molecular formula is C71H61N9O7S9. The summed E-state index contributed by atoms with van der Waals surface area (Å²) in [6.45, 7) is 6.60. The maximum atomic E-state index is 13.4. The fraction of sp³-hybridized carbons (Fsp3) is 0.239. The van der Waals surface area contributed by atoms with Crippen molar-refractivity contribution >= 4 is 153 Å². The number of para-hydroxylation sites is 3. The topological polar surface area (TPSA) is 204 Å². The second-order valence-electron chi connectivity index (χ2n) is 22.7. The predicted octanol–water partition coefficient (Wildman–Crippen LogP) is 14.2. The molecule has 6 aromatic heterocycles. The Morgan fingerprint density at radius 3 is 1.32 bits per heavy atom. The number of aryl methyl sites for hydroxylation is 6. The summed E-state index contributed by atoms with van der Waals surface area (Å²) in [4.78, 5) is 108. The number of ketones is 3. The summed E-state index contributed by atoms with van der Waals surface area (Å²) in [7, 11) is 1.58. The molecule has 0 radical (unpaired) electrons. The third-order valence-corrected chi connectivity index (χ3v) is 24.9. The Labute approximate surface area is 590 Å². The van der Waals surface area contributed by atoms with Crippen LogP contribution in [-0.2, 0) is 59.5 Å². The van der Waals surface area contributed by atoms with Crippen molar-refractivity contribution in [2.75, 3.05) is 41.6 Å². The van der Waals surface area contributed by atoms with Crippen LogP contribution < -0.4 is 21.4 Å². The van der Waals surface area contributed by atoms with E-state index < -0.39 is 0 Å². The van der Waals surface area contributed by atoms with E-state index in [0.29, 0.717) is 51.2 Å². The maximum Gasteiger partial charge on any atom is 0.272 e. The molecule has 0 amide bonds. The smallest absolute Gasteiger partial charge is 0.272 e. The minimum Gasteiger partial charge on any atom is -0.495 e. The molecule has 6 aromatic carbocycles. The monoisotopic (exact) mass is 1440 g/mol. The van der Waals surface area contributed by atoms with Crippen LogP contribution in [0.25, 0.3) is 42.0 Å². The van der Waals surface area contributed by atoms with Crippen molar-refractivity contribution in [3.63, 3.8) is 0 Å². The summed E-state index contributed by atoms with van der Waals surface area (Å²) in [6.07, 6.45) is 3.21. The van der Waals surface area contributed by atoms with Crippen molar-refractivity contribution in [3.8, 4) is 17.1 Å².